The molecular weight excluding hydrogens is 202 g/mol. The van der Waals surface area contributed by atoms with Gasteiger partial charge in [0.15, 0.2) is 5.69 Å². The predicted molar refractivity (Wildman–Crippen MR) is 59.8 cm³/mol. The zero-order valence-corrected chi connectivity index (χ0v) is 8.70. The summed E-state index contributed by atoms with van der Waals surface area (Å²) in [5, 5.41) is 12.4. The molecule has 0 saturated heterocycles. The average Bonchev–Trinajstić information content (AvgIpc) is 2.95. The lowest BCUT2D eigenvalue weighted by Crippen LogP contribution is -2.18. The van der Waals surface area contributed by atoms with Gasteiger partial charge in [0, 0.05) is 19.3 Å². The van der Waals surface area contributed by atoms with Crippen molar-refractivity contribution >= 4 is 5.95 Å². The van der Waals surface area contributed by atoms with Gasteiger partial charge in [-0.25, -0.2) is 4.98 Å². The summed E-state index contributed by atoms with van der Waals surface area (Å²) < 4.78 is 1.94. The Morgan fingerprint density at radius 2 is 2.44 bits per heavy atom. The minimum atomic E-state index is 0.629. The standard InChI is InChI=1S/C11H11N5/c12-7-9-10(8-3-1-4-13-8)15-11-14-5-2-6-16(9)11/h1,3-4,13H,2,5-6H2,(H,14,15). The molecule has 1 aliphatic rings. The summed E-state index contributed by atoms with van der Waals surface area (Å²) in [5.41, 5.74) is 2.25. The SMILES string of the molecule is N#Cc1c(-c2ccc[nH]2)nc2n1CCCN2. The number of aromatic nitrogens is 3. The number of hydrogen-bond acceptors (Lipinski definition) is 3. The molecule has 3 rings (SSSR count). The minimum Gasteiger partial charge on any atom is -0.360 e. The largest absolute Gasteiger partial charge is 0.360 e. The molecule has 0 atom stereocenters. The second-order valence-electron chi connectivity index (χ2n) is 3.76. The zero-order valence-electron chi connectivity index (χ0n) is 8.70. The Morgan fingerprint density at radius 1 is 1.50 bits per heavy atom. The second-order valence-corrected chi connectivity index (χ2v) is 3.76. The van der Waals surface area contributed by atoms with Crippen LogP contribution in [0.4, 0.5) is 5.95 Å². The van der Waals surface area contributed by atoms with Crippen molar-refractivity contribution in [3.8, 4) is 17.5 Å². The highest BCUT2D eigenvalue weighted by molar-refractivity contribution is 5.65. The fraction of sp³-hybridized carbons (Fsp3) is 0.273. The maximum absolute atomic E-state index is 9.21. The van der Waals surface area contributed by atoms with E-state index in [1.165, 1.54) is 0 Å². The Hall–Kier alpha value is -2.22. The molecule has 16 heavy (non-hydrogen) atoms. The van der Waals surface area contributed by atoms with Crippen molar-refractivity contribution in [2.45, 2.75) is 13.0 Å². The van der Waals surface area contributed by atoms with Crippen LogP contribution in [0.2, 0.25) is 0 Å². The number of aromatic amines is 1. The first-order valence-electron chi connectivity index (χ1n) is 5.28. The van der Waals surface area contributed by atoms with Gasteiger partial charge in [-0.05, 0) is 18.6 Å². The number of imidazole rings is 1. The third-order valence-electron chi connectivity index (χ3n) is 2.77. The van der Waals surface area contributed by atoms with Gasteiger partial charge in [0.1, 0.15) is 11.8 Å². The molecule has 5 nitrogen and oxygen atoms in total. The number of rotatable bonds is 1. The van der Waals surface area contributed by atoms with Gasteiger partial charge in [0.05, 0.1) is 5.69 Å². The first kappa shape index (κ1) is 9.04. The van der Waals surface area contributed by atoms with Crippen LogP contribution in [0.25, 0.3) is 11.4 Å². The van der Waals surface area contributed by atoms with Crippen molar-refractivity contribution < 1.29 is 0 Å². The summed E-state index contributed by atoms with van der Waals surface area (Å²) in [7, 11) is 0. The van der Waals surface area contributed by atoms with Crippen LogP contribution in [-0.2, 0) is 6.54 Å². The molecule has 2 aromatic heterocycles. The predicted octanol–water partition coefficient (Wildman–Crippen LogP) is 1.57. The number of nitriles is 1. The van der Waals surface area contributed by atoms with Gasteiger partial charge in [-0.2, -0.15) is 5.26 Å². The molecule has 2 N–H and O–H groups in total. The van der Waals surface area contributed by atoms with Crippen molar-refractivity contribution in [1.29, 1.82) is 5.26 Å². The third-order valence-corrected chi connectivity index (χ3v) is 2.77. The Bertz CT molecular complexity index is 544. The van der Waals surface area contributed by atoms with Crippen LogP contribution in [0.5, 0.6) is 0 Å². The highest BCUT2D eigenvalue weighted by Gasteiger charge is 2.20. The van der Waals surface area contributed by atoms with Crippen molar-refractivity contribution in [3.05, 3.63) is 24.0 Å². The first-order valence-corrected chi connectivity index (χ1v) is 5.28. The molecule has 0 amide bonds. The van der Waals surface area contributed by atoms with Gasteiger partial charge in [0.2, 0.25) is 5.95 Å². The van der Waals surface area contributed by atoms with Gasteiger partial charge >= 0.3 is 0 Å². The molecule has 0 saturated carbocycles. The van der Waals surface area contributed by atoms with Crippen molar-refractivity contribution in [2.24, 2.45) is 0 Å². The number of H-pyrrole nitrogens is 1. The van der Waals surface area contributed by atoms with E-state index in [4.69, 9.17) is 0 Å². The second kappa shape index (κ2) is 3.42. The summed E-state index contributed by atoms with van der Waals surface area (Å²) in [4.78, 5) is 7.54. The summed E-state index contributed by atoms with van der Waals surface area (Å²) in [6.07, 6.45) is 2.87. The fourth-order valence-corrected chi connectivity index (χ4v) is 2.02. The third kappa shape index (κ3) is 1.20. The van der Waals surface area contributed by atoms with Crippen molar-refractivity contribution in [1.82, 2.24) is 14.5 Å². The van der Waals surface area contributed by atoms with Gasteiger partial charge in [0.25, 0.3) is 0 Å². The highest BCUT2D eigenvalue weighted by Crippen LogP contribution is 2.26. The summed E-state index contributed by atoms with van der Waals surface area (Å²) in [6, 6.07) is 6.06. The number of nitrogens with one attached hydrogen (secondary N) is 2. The van der Waals surface area contributed by atoms with E-state index in [0.29, 0.717) is 5.69 Å². The lowest BCUT2D eigenvalue weighted by atomic mass is 10.2. The minimum absolute atomic E-state index is 0.629. The lowest BCUT2D eigenvalue weighted by molar-refractivity contribution is 0.622. The summed E-state index contributed by atoms with van der Waals surface area (Å²) in [5.74, 6) is 0.799. The number of nitrogens with zero attached hydrogens (tertiary/aromatic N) is 3. The van der Waals surface area contributed by atoms with Gasteiger partial charge in [-0.3, -0.25) is 0 Å². The van der Waals surface area contributed by atoms with E-state index in [2.05, 4.69) is 21.4 Å². The van der Waals surface area contributed by atoms with Crippen molar-refractivity contribution in [2.75, 3.05) is 11.9 Å². The van der Waals surface area contributed by atoms with Crippen LogP contribution in [0.3, 0.4) is 0 Å². The Balaban J connectivity index is 2.19. The number of fused-ring (bicyclic) bond motifs is 1. The topological polar surface area (TPSA) is 69.4 Å². The molecular formula is C11H11N5. The van der Waals surface area contributed by atoms with E-state index in [1.54, 1.807) is 0 Å². The van der Waals surface area contributed by atoms with E-state index in [9.17, 15) is 5.26 Å². The summed E-state index contributed by atoms with van der Waals surface area (Å²) in [6.45, 7) is 1.78. The Morgan fingerprint density at radius 3 is 3.19 bits per heavy atom. The molecule has 0 unspecified atom stereocenters. The molecule has 2 aromatic rings. The van der Waals surface area contributed by atoms with Gasteiger partial charge in [-0.15, -0.1) is 0 Å². The quantitative estimate of drug-likeness (QED) is 0.755. The van der Waals surface area contributed by atoms with E-state index < -0.39 is 0 Å². The molecule has 5 heteroatoms. The van der Waals surface area contributed by atoms with Crippen LogP contribution in [0.15, 0.2) is 18.3 Å². The van der Waals surface area contributed by atoms with Crippen LogP contribution in [-0.4, -0.2) is 21.1 Å². The van der Waals surface area contributed by atoms with Crippen LogP contribution >= 0.6 is 0 Å². The van der Waals surface area contributed by atoms with E-state index >= 15 is 0 Å². The molecule has 0 spiro atoms. The first-order chi connectivity index (χ1) is 7.90. The van der Waals surface area contributed by atoms with Gasteiger partial charge in [-0.1, -0.05) is 0 Å². The maximum atomic E-state index is 9.21. The lowest BCUT2D eigenvalue weighted by Gasteiger charge is -2.15. The molecule has 3 heterocycles. The molecule has 1 aliphatic heterocycles. The van der Waals surface area contributed by atoms with Crippen molar-refractivity contribution in [3.63, 3.8) is 0 Å². The van der Waals surface area contributed by atoms with Crippen LogP contribution < -0.4 is 5.32 Å². The molecule has 80 valence electrons. The number of anilines is 1. The molecule has 0 radical (unpaired) electrons. The molecule has 0 fully saturated rings. The molecule has 0 aromatic carbocycles. The van der Waals surface area contributed by atoms with E-state index in [-0.39, 0.29) is 0 Å². The van der Waals surface area contributed by atoms with Crippen LogP contribution in [0.1, 0.15) is 12.1 Å². The zero-order chi connectivity index (χ0) is 11.0. The van der Waals surface area contributed by atoms with E-state index in [0.717, 1.165) is 36.8 Å². The molecule has 0 bridgehead atoms. The monoisotopic (exact) mass is 213 g/mol. The summed E-state index contributed by atoms with van der Waals surface area (Å²) >= 11 is 0. The maximum Gasteiger partial charge on any atom is 0.204 e. The Kier molecular flexibility index (Phi) is 1.93. The highest BCUT2D eigenvalue weighted by atomic mass is 15.2. The Labute approximate surface area is 92.7 Å². The fourth-order valence-electron chi connectivity index (χ4n) is 2.02. The smallest absolute Gasteiger partial charge is 0.204 e. The van der Waals surface area contributed by atoms with Gasteiger partial charge < -0.3 is 14.9 Å². The normalized spacial score (nSPS) is 13.9. The van der Waals surface area contributed by atoms with E-state index in [1.807, 2.05) is 22.9 Å². The molecule has 0 aliphatic carbocycles. The average molecular weight is 213 g/mol. The number of hydrogen-bond donors (Lipinski definition) is 2. The van der Waals surface area contributed by atoms with Crippen LogP contribution in [0, 0.1) is 11.3 Å².